The molecule has 0 heterocycles. The van der Waals surface area contributed by atoms with Crippen LogP contribution in [0.25, 0.3) is 0 Å². The molecule has 1 amide bonds. The van der Waals surface area contributed by atoms with Crippen molar-refractivity contribution in [3.8, 4) is 0 Å². The molecule has 0 fully saturated rings. The number of carbonyl (C=O) groups excluding carboxylic acids is 1. The monoisotopic (exact) mass is 370 g/mol. The van der Waals surface area contributed by atoms with Crippen molar-refractivity contribution in [1.29, 1.82) is 10.8 Å². The average molecular weight is 371 g/mol. The van der Waals surface area contributed by atoms with Crippen molar-refractivity contribution in [3.63, 3.8) is 0 Å². The predicted molar refractivity (Wildman–Crippen MR) is 115 cm³/mol. The smallest absolute Gasteiger partial charge is 0.229 e. The van der Waals surface area contributed by atoms with Crippen molar-refractivity contribution < 1.29 is 4.79 Å². The van der Waals surface area contributed by atoms with Gasteiger partial charge in [-0.2, -0.15) is 0 Å². The van der Waals surface area contributed by atoms with Crippen LogP contribution in [0.2, 0.25) is 0 Å². The Morgan fingerprint density at radius 2 is 2.00 bits per heavy atom. The molecule has 0 aliphatic rings. The molecule has 0 radical (unpaired) electrons. The molecule has 146 valence electrons. The second-order valence-electron chi connectivity index (χ2n) is 6.59. The Balaban J connectivity index is 2.95. The van der Waals surface area contributed by atoms with E-state index in [9.17, 15) is 4.79 Å². The summed E-state index contributed by atoms with van der Waals surface area (Å²) in [6, 6.07) is 6.02. The van der Waals surface area contributed by atoms with Crippen LogP contribution in [0.5, 0.6) is 0 Å². The van der Waals surface area contributed by atoms with E-state index in [2.05, 4.69) is 41.7 Å². The Morgan fingerprint density at radius 3 is 2.59 bits per heavy atom. The standard InChI is InChI=1S/C20H30N6O/c1-15(2)17-6-7-18(24-20(27)8-9-21)19(14-17)26(5)13-12-25(4)16(3)23-11-10-22/h6-7,9-11,14-15,21-22H,3,8,12-13H2,1-2,4-5H3,(H,24,27)/b21-9?,22-10?,23-11-. The minimum Gasteiger partial charge on any atom is -0.371 e. The number of hydrogen-bond acceptors (Lipinski definition) is 6. The molecule has 0 atom stereocenters. The summed E-state index contributed by atoms with van der Waals surface area (Å²) in [6.45, 7) is 9.53. The molecule has 0 spiro atoms. The number of nitrogens with zero attached hydrogens (tertiary/aromatic N) is 3. The van der Waals surface area contributed by atoms with Crippen LogP contribution in [0.15, 0.2) is 35.6 Å². The lowest BCUT2D eigenvalue weighted by atomic mass is 10.0. The zero-order valence-corrected chi connectivity index (χ0v) is 16.6. The number of likely N-dealkylation sites (N-methyl/N-ethyl adjacent to an activating group) is 2. The number of amides is 1. The molecule has 0 saturated heterocycles. The zero-order chi connectivity index (χ0) is 20.4. The maximum atomic E-state index is 11.9. The second-order valence-corrected chi connectivity index (χ2v) is 6.59. The lowest BCUT2D eigenvalue weighted by molar-refractivity contribution is -0.115. The SMILES string of the molecule is C=C(/N=C\C=N)N(C)CCN(C)c1cc(C(C)C)ccc1NC(=O)CC=N. The number of carbonyl (C=O) groups is 1. The first kappa shape index (κ1) is 22.1. The molecule has 1 aromatic carbocycles. The molecular weight excluding hydrogens is 340 g/mol. The van der Waals surface area contributed by atoms with Crippen molar-refractivity contribution in [2.24, 2.45) is 4.99 Å². The lowest BCUT2D eigenvalue weighted by Crippen LogP contribution is -2.30. The van der Waals surface area contributed by atoms with Crippen molar-refractivity contribution in [3.05, 3.63) is 36.2 Å². The number of hydrogen-bond donors (Lipinski definition) is 3. The Hall–Kier alpha value is -2.96. The summed E-state index contributed by atoms with van der Waals surface area (Å²) in [5.74, 6) is 0.757. The third-order valence-electron chi connectivity index (χ3n) is 4.17. The van der Waals surface area contributed by atoms with Gasteiger partial charge in [0.15, 0.2) is 0 Å². The fourth-order valence-corrected chi connectivity index (χ4v) is 2.39. The summed E-state index contributed by atoms with van der Waals surface area (Å²) in [4.78, 5) is 20.0. The highest BCUT2D eigenvalue weighted by atomic mass is 16.1. The van der Waals surface area contributed by atoms with Gasteiger partial charge in [0.25, 0.3) is 0 Å². The van der Waals surface area contributed by atoms with E-state index < -0.39 is 0 Å². The average Bonchev–Trinajstić information content (AvgIpc) is 2.64. The van der Waals surface area contributed by atoms with Crippen LogP contribution < -0.4 is 10.2 Å². The van der Waals surface area contributed by atoms with E-state index in [1.165, 1.54) is 11.8 Å². The highest BCUT2D eigenvalue weighted by molar-refractivity contribution is 6.14. The number of aliphatic imine (C=N–C) groups is 1. The van der Waals surface area contributed by atoms with Crippen molar-refractivity contribution >= 4 is 35.9 Å². The molecule has 7 heteroatoms. The summed E-state index contributed by atoms with van der Waals surface area (Å²) in [7, 11) is 3.87. The molecule has 27 heavy (non-hydrogen) atoms. The highest BCUT2D eigenvalue weighted by Gasteiger charge is 2.13. The van der Waals surface area contributed by atoms with E-state index in [-0.39, 0.29) is 12.3 Å². The van der Waals surface area contributed by atoms with E-state index in [1.807, 2.05) is 31.1 Å². The first-order chi connectivity index (χ1) is 12.8. The van der Waals surface area contributed by atoms with Crippen molar-refractivity contribution in [2.45, 2.75) is 26.2 Å². The van der Waals surface area contributed by atoms with Crippen LogP contribution in [0.3, 0.4) is 0 Å². The lowest BCUT2D eigenvalue weighted by Gasteiger charge is -2.27. The predicted octanol–water partition coefficient (Wildman–Crippen LogP) is 3.35. The van der Waals surface area contributed by atoms with Gasteiger partial charge in [-0.15, -0.1) is 0 Å². The minimum absolute atomic E-state index is 0.0582. The second kappa shape index (κ2) is 10.9. The van der Waals surface area contributed by atoms with Crippen LogP contribution in [-0.2, 0) is 4.79 Å². The maximum Gasteiger partial charge on any atom is 0.229 e. The van der Waals surface area contributed by atoms with Gasteiger partial charge in [-0.1, -0.05) is 26.5 Å². The first-order valence-electron chi connectivity index (χ1n) is 8.87. The van der Waals surface area contributed by atoms with E-state index in [4.69, 9.17) is 10.8 Å². The number of rotatable bonds is 11. The minimum atomic E-state index is -0.205. The van der Waals surface area contributed by atoms with E-state index >= 15 is 0 Å². The Bertz CT molecular complexity index is 710. The van der Waals surface area contributed by atoms with Gasteiger partial charge < -0.3 is 25.9 Å². The van der Waals surface area contributed by atoms with Crippen LogP contribution in [-0.4, -0.2) is 56.6 Å². The normalized spacial score (nSPS) is 10.7. The quantitative estimate of drug-likeness (QED) is 0.521. The molecule has 0 aromatic heterocycles. The molecule has 0 unspecified atom stereocenters. The maximum absolute atomic E-state index is 11.9. The summed E-state index contributed by atoms with van der Waals surface area (Å²) in [6.07, 6.45) is 3.66. The van der Waals surface area contributed by atoms with Crippen LogP contribution in [0.4, 0.5) is 11.4 Å². The first-order valence-corrected chi connectivity index (χ1v) is 8.87. The van der Waals surface area contributed by atoms with Crippen LogP contribution in [0.1, 0.15) is 31.7 Å². The van der Waals surface area contributed by atoms with Gasteiger partial charge in [0.05, 0.1) is 17.8 Å². The number of anilines is 2. The summed E-state index contributed by atoms with van der Waals surface area (Å²) in [5, 5.41) is 17.0. The molecule has 0 aliphatic carbocycles. The molecule has 7 nitrogen and oxygen atoms in total. The van der Waals surface area contributed by atoms with Gasteiger partial charge in [-0.3, -0.25) is 4.79 Å². The van der Waals surface area contributed by atoms with E-state index in [0.29, 0.717) is 24.8 Å². The largest absolute Gasteiger partial charge is 0.371 e. The third kappa shape index (κ3) is 7.05. The van der Waals surface area contributed by atoms with Crippen molar-refractivity contribution in [1.82, 2.24) is 4.90 Å². The van der Waals surface area contributed by atoms with Crippen LogP contribution >= 0.6 is 0 Å². The topological polar surface area (TPSA) is 95.6 Å². The summed E-state index contributed by atoms with van der Waals surface area (Å²) < 4.78 is 0. The summed E-state index contributed by atoms with van der Waals surface area (Å²) >= 11 is 0. The Kier molecular flexibility index (Phi) is 8.92. The molecule has 0 aliphatic heterocycles. The van der Waals surface area contributed by atoms with Crippen molar-refractivity contribution in [2.75, 3.05) is 37.4 Å². The Labute approximate surface area is 161 Å². The van der Waals surface area contributed by atoms with Gasteiger partial charge in [0.1, 0.15) is 5.82 Å². The van der Waals surface area contributed by atoms with Gasteiger partial charge >= 0.3 is 0 Å². The third-order valence-corrected chi connectivity index (χ3v) is 4.17. The van der Waals surface area contributed by atoms with Gasteiger partial charge in [0.2, 0.25) is 5.91 Å². The van der Waals surface area contributed by atoms with Crippen LogP contribution in [0, 0.1) is 10.8 Å². The summed E-state index contributed by atoms with van der Waals surface area (Å²) in [5.41, 5.74) is 2.86. The molecule has 1 aromatic rings. The molecular formula is C20H30N6O. The highest BCUT2D eigenvalue weighted by Crippen LogP contribution is 2.29. The Morgan fingerprint density at radius 1 is 1.30 bits per heavy atom. The molecule has 0 saturated carbocycles. The van der Waals surface area contributed by atoms with E-state index in [0.717, 1.165) is 23.8 Å². The van der Waals surface area contributed by atoms with Gasteiger partial charge in [-0.05, 0) is 23.6 Å². The number of benzene rings is 1. The zero-order valence-electron chi connectivity index (χ0n) is 16.6. The molecule has 1 rings (SSSR count). The van der Waals surface area contributed by atoms with Gasteiger partial charge in [0, 0.05) is 45.8 Å². The fourth-order valence-electron chi connectivity index (χ4n) is 2.39. The van der Waals surface area contributed by atoms with E-state index in [1.54, 1.807) is 0 Å². The fraction of sp³-hybridized carbons (Fsp3) is 0.400. The van der Waals surface area contributed by atoms with Gasteiger partial charge in [-0.25, -0.2) is 4.99 Å². The molecule has 0 bridgehead atoms. The number of nitrogens with one attached hydrogen (secondary N) is 3. The molecule has 3 N–H and O–H groups in total.